The zero-order chi connectivity index (χ0) is 14.9. The lowest BCUT2D eigenvalue weighted by Gasteiger charge is -2.20. The highest BCUT2D eigenvalue weighted by Crippen LogP contribution is 2.24. The van der Waals surface area contributed by atoms with Crippen molar-refractivity contribution in [2.45, 2.75) is 26.3 Å². The number of rotatable bonds is 4. The Kier molecular flexibility index (Phi) is 4.47. The molecule has 0 spiro atoms. The van der Waals surface area contributed by atoms with Gasteiger partial charge in [-0.3, -0.25) is 0 Å². The second-order valence-corrected chi connectivity index (χ2v) is 5.32. The number of hydrogen-bond acceptors (Lipinski definition) is 3. The minimum atomic E-state index is -1.64. The molecule has 1 aromatic rings. The van der Waals surface area contributed by atoms with E-state index in [-0.39, 0.29) is 12.5 Å². The van der Waals surface area contributed by atoms with Crippen LogP contribution in [0.2, 0.25) is 0 Å². The van der Waals surface area contributed by atoms with Crippen LogP contribution >= 0.6 is 0 Å². The number of nitrogens with zero attached hydrogens (tertiary/aromatic N) is 2. The summed E-state index contributed by atoms with van der Waals surface area (Å²) in [6, 6.07) is 0.407. The van der Waals surface area contributed by atoms with Crippen molar-refractivity contribution in [1.82, 2.24) is 9.88 Å². The molecule has 0 radical (unpaired) electrons. The van der Waals surface area contributed by atoms with Gasteiger partial charge < -0.3 is 10.2 Å². The van der Waals surface area contributed by atoms with Gasteiger partial charge in [-0.15, -0.1) is 0 Å². The standard InChI is InChI=1S/C13H17F4N3/c1-7(2)20-4-3-8(6-20)5-18-11-9(14)12(16)19-13(17)10(11)15/h7-8H,3-6H2,1-2H3,(H,18,19). The van der Waals surface area contributed by atoms with Gasteiger partial charge in [0.05, 0.1) is 0 Å². The molecule has 112 valence electrons. The molecule has 0 bridgehead atoms. The Morgan fingerprint density at radius 3 is 2.30 bits per heavy atom. The van der Waals surface area contributed by atoms with E-state index in [2.05, 4.69) is 29.0 Å². The summed E-state index contributed by atoms with van der Waals surface area (Å²) in [5.41, 5.74) is -0.780. The predicted octanol–water partition coefficient (Wildman–Crippen LogP) is 2.78. The van der Waals surface area contributed by atoms with Crippen LogP contribution in [0.15, 0.2) is 0 Å². The Bertz CT molecular complexity index is 467. The average molecular weight is 291 g/mol. The minimum Gasteiger partial charge on any atom is -0.380 e. The maximum Gasteiger partial charge on any atom is 0.253 e. The third-order valence-electron chi connectivity index (χ3n) is 3.61. The molecular formula is C13H17F4N3. The minimum absolute atomic E-state index is 0.190. The van der Waals surface area contributed by atoms with Crippen LogP contribution in [0.4, 0.5) is 23.2 Å². The van der Waals surface area contributed by atoms with Gasteiger partial charge in [-0.1, -0.05) is 0 Å². The molecule has 0 amide bonds. The number of likely N-dealkylation sites (tertiary alicyclic amines) is 1. The molecule has 1 atom stereocenters. The Balaban J connectivity index is 2.02. The Labute approximate surface area is 115 Å². The summed E-state index contributed by atoms with van der Waals surface area (Å²) in [4.78, 5) is 4.76. The van der Waals surface area contributed by atoms with Crippen LogP contribution in [-0.4, -0.2) is 35.6 Å². The van der Waals surface area contributed by atoms with Gasteiger partial charge in [0.25, 0.3) is 11.9 Å². The van der Waals surface area contributed by atoms with E-state index in [1.54, 1.807) is 0 Å². The maximum absolute atomic E-state index is 13.4. The lowest BCUT2D eigenvalue weighted by atomic mass is 10.1. The van der Waals surface area contributed by atoms with Crippen LogP contribution in [-0.2, 0) is 0 Å². The van der Waals surface area contributed by atoms with E-state index in [4.69, 9.17) is 0 Å². The average Bonchev–Trinajstić information content (AvgIpc) is 2.85. The van der Waals surface area contributed by atoms with Gasteiger partial charge in [0, 0.05) is 19.1 Å². The molecule has 1 aliphatic rings. The molecule has 1 N–H and O–H groups in total. The van der Waals surface area contributed by atoms with Crippen LogP contribution in [0.5, 0.6) is 0 Å². The van der Waals surface area contributed by atoms with Crippen LogP contribution in [0, 0.1) is 29.4 Å². The van der Waals surface area contributed by atoms with Crippen LogP contribution < -0.4 is 5.32 Å². The van der Waals surface area contributed by atoms with E-state index in [9.17, 15) is 17.6 Å². The highest BCUT2D eigenvalue weighted by molar-refractivity contribution is 5.45. The first-order valence-electron chi connectivity index (χ1n) is 6.58. The fraction of sp³-hybridized carbons (Fsp3) is 0.615. The fourth-order valence-corrected chi connectivity index (χ4v) is 2.39. The molecule has 0 aromatic carbocycles. The van der Waals surface area contributed by atoms with Crippen molar-refractivity contribution < 1.29 is 17.6 Å². The van der Waals surface area contributed by atoms with Crippen molar-refractivity contribution in [3.63, 3.8) is 0 Å². The van der Waals surface area contributed by atoms with Gasteiger partial charge in [0.1, 0.15) is 5.69 Å². The highest BCUT2D eigenvalue weighted by atomic mass is 19.2. The molecule has 0 aliphatic carbocycles. The van der Waals surface area contributed by atoms with E-state index in [0.29, 0.717) is 6.04 Å². The van der Waals surface area contributed by atoms with Crippen molar-refractivity contribution in [2.75, 3.05) is 25.0 Å². The number of hydrogen-bond donors (Lipinski definition) is 1. The molecule has 3 nitrogen and oxygen atoms in total. The predicted molar refractivity (Wildman–Crippen MR) is 67.4 cm³/mol. The number of nitrogens with one attached hydrogen (secondary N) is 1. The molecule has 1 aliphatic heterocycles. The quantitative estimate of drug-likeness (QED) is 0.683. The second kappa shape index (κ2) is 5.95. The first-order chi connectivity index (χ1) is 9.40. The van der Waals surface area contributed by atoms with E-state index in [0.717, 1.165) is 19.5 Å². The zero-order valence-corrected chi connectivity index (χ0v) is 11.4. The lowest BCUT2D eigenvalue weighted by molar-refractivity contribution is 0.266. The van der Waals surface area contributed by atoms with Crippen molar-refractivity contribution in [3.8, 4) is 0 Å². The Morgan fingerprint density at radius 1 is 1.20 bits per heavy atom. The van der Waals surface area contributed by atoms with Crippen LogP contribution in [0.3, 0.4) is 0 Å². The summed E-state index contributed by atoms with van der Waals surface area (Å²) in [7, 11) is 0. The molecule has 1 saturated heterocycles. The normalized spacial score (nSPS) is 19.9. The van der Waals surface area contributed by atoms with Gasteiger partial charge in [0.2, 0.25) is 11.6 Å². The largest absolute Gasteiger partial charge is 0.380 e. The zero-order valence-electron chi connectivity index (χ0n) is 11.4. The smallest absolute Gasteiger partial charge is 0.253 e. The van der Waals surface area contributed by atoms with Crippen LogP contribution in [0.25, 0.3) is 0 Å². The van der Waals surface area contributed by atoms with Gasteiger partial charge in [0.15, 0.2) is 0 Å². The van der Waals surface area contributed by atoms with Crippen molar-refractivity contribution in [1.29, 1.82) is 0 Å². The van der Waals surface area contributed by atoms with Gasteiger partial charge in [-0.05, 0) is 32.7 Å². The monoisotopic (exact) mass is 291 g/mol. The summed E-state index contributed by atoms with van der Waals surface area (Å²) >= 11 is 0. The molecule has 20 heavy (non-hydrogen) atoms. The van der Waals surface area contributed by atoms with Crippen molar-refractivity contribution in [3.05, 3.63) is 23.5 Å². The van der Waals surface area contributed by atoms with Gasteiger partial charge >= 0.3 is 0 Å². The molecule has 1 fully saturated rings. The molecule has 7 heteroatoms. The summed E-state index contributed by atoms with van der Waals surface area (Å²) in [6.45, 7) is 6.11. The summed E-state index contributed by atoms with van der Waals surface area (Å²) in [6.07, 6.45) is 0.879. The van der Waals surface area contributed by atoms with Crippen LogP contribution in [0.1, 0.15) is 20.3 Å². The van der Waals surface area contributed by atoms with E-state index >= 15 is 0 Å². The summed E-state index contributed by atoms with van der Waals surface area (Å²) in [5, 5.41) is 2.47. The maximum atomic E-state index is 13.4. The van der Waals surface area contributed by atoms with E-state index in [1.165, 1.54) is 0 Å². The lowest BCUT2D eigenvalue weighted by Crippen LogP contribution is -2.29. The molecule has 1 unspecified atom stereocenters. The number of pyridine rings is 1. The third kappa shape index (κ3) is 3.03. The number of aromatic nitrogens is 1. The Hall–Kier alpha value is -1.37. The van der Waals surface area contributed by atoms with Crippen molar-refractivity contribution in [2.24, 2.45) is 5.92 Å². The highest BCUT2D eigenvalue weighted by Gasteiger charge is 2.26. The summed E-state index contributed by atoms with van der Waals surface area (Å²) < 4.78 is 52.7. The second-order valence-electron chi connectivity index (χ2n) is 5.32. The first-order valence-corrected chi connectivity index (χ1v) is 6.58. The first kappa shape index (κ1) is 15.0. The van der Waals surface area contributed by atoms with E-state index in [1.807, 2.05) is 0 Å². The number of anilines is 1. The SMILES string of the molecule is CC(C)N1CCC(CNc2c(F)c(F)nc(F)c2F)C1. The molecule has 0 saturated carbocycles. The third-order valence-corrected chi connectivity index (χ3v) is 3.61. The molecular weight excluding hydrogens is 274 g/mol. The Morgan fingerprint density at radius 2 is 1.80 bits per heavy atom. The molecule has 2 heterocycles. The summed E-state index contributed by atoms with van der Waals surface area (Å²) in [5.74, 6) is -6.05. The van der Waals surface area contributed by atoms with Gasteiger partial charge in [-0.25, -0.2) is 0 Å². The topological polar surface area (TPSA) is 28.2 Å². The van der Waals surface area contributed by atoms with Gasteiger partial charge in [-0.2, -0.15) is 22.5 Å². The molecule has 1 aromatic heterocycles. The number of halogens is 4. The van der Waals surface area contributed by atoms with Crippen molar-refractivity contribution >= 4 is 5.69 Å². The fourth-order valence-electron chi connectivity index (χ4n) is 2.39. The van der Waals surface area contributed by atoms with E-state index < -0.39 is 29.2 Å². The molecule has 2 rings (SSSR count).